The van der Waals surface area contributed by atoms with E-state index in [0.717, 1.165) is 18.5 Å². The van der Waals surface area contributed by atoms with Crippen LogP contribution in [-0.2, 0) is 11.3 Å². The number of hydrogen-bond donors (Lipinski definition) is 0. The highest BCUT2D eigenvalue weighted by atomic mass is 16.2. The average molecular weight is 351 g/mol. The zero-order valence-electron chi connectivity index (χ0n) is 14.5. The number of fused-ring (bicyclic) bond motifs is 1. The zero-order chi connectivity index (χ0) is 17.9. The van der Waals surface area contributed by atoms with Crippen LogP contribution in [0.4, 0.5) is 5.95 Å². The summed E-state index contributed by atoms with van der Waals surface area (Å²) in [6, 6.07) is 9.35. The Kier molecular flexibility index (Phi) is 4.51. The Labute approximate surface area is 152 Å². The van der Waals surface area contributed by atoms with Crippen LogP contribution in [0.1, 0.15) is 22.3 Å². The van der Waals surface area contributed by atoms with E-state index >= 15 is 0 Å². The predicted molar refractivity (Wildman–Crippen MR) is 96.6 cm³/mol. The lowest BCUT2D eigenvalue weighted by atomic mass is 10.1. The quantitative estimate of drug-likeness (QED) is 0.830. The molecule has 0 N–H and O–H groups in total. The van der Waals surface area contributed by atoms with Crippen molar-refractivity contribution < 1.29 is 9.59 Å². The van der Waals surface area contributed by atoms with Crippen LogP contribution in [-0.4, -0.2) is 64.3 Å². The molecule has 7 heteroatoms. The minimum atomic E-state index is -0.0527. The molecule has 1 aromatic carbocycles. The Hall–Kier alpha value is -2.96. The molecule has 26 heavy (non-hydrogen) atoms. The van der Waals surface area contributed by atoms with Gasteiger partial charge in [-0.2, -0.15) is 0 Å². The number of hydrogen-bond acceptors (Lipinski definition) is 5. The largest absolute Gasteiger partial charge is 0.339 e. The fourth-order valence-electron chi connectivity index (χ4n) is 3.53. The Morgan fingerprint density at radius 3 is 2.62 bits per heavy atom. The van der Waals surface area contributed by atoms with Gasteiger partial charge in [-0.3, -0.25) is 9.59 Å². The number of nitrogens with zero attached hydrogens (tertiary/aromatic N) is 5. The fourth-order valence-corrected chi connectivity index (χ4v) is 3.53. The minimum absolute atomic E-state index is 0.00184. The molecule has 2 aromatic rings. The summed E-state index contributed by atoms with van der Waals surface area (Å²) < 4.78 is 0. The van der Waals surface area contributed by atoms with E-state index in [1.54, 1.807) is 23.4 Å². The molecule has 0 spiro atoms. The maximum atomic E-state index is 12.7. The van der Waals surface area contributed by atoms with Gasteiger partial charge in [0.1, 0.15) is 6.54 Å². The first-order valence-electron chi connectivity index (χ1n) is 8.89. The van der Waals surface area contributed by atoms with Crippen molar-refractivity contribution >= 4 is 17.8 Å². The molecule has 1 aromatic heterocycles. The lowest BCUT2D eigenvalue weighted by molar-refractivity contribution is -0.131. The van der Waals surface area contributed by atoms with E-state index in [1.165, 1.54) is 0 Å². The third kappa shape index (κ3) is 3.24. The van der Waals surface area contributed by atoms with Crippen molar-refractivity contribution in [1.29, 1.82) is 0 Å². The highest BCUT2D eigenvalue weighted by Gasteiger charge is 2.30. The van der Waals surface area contributed by atoms with Gasteiger partial charge in [0.2, 0.25) is 11.9 Å². The molecule has 0 bridgehead atoms. The summed E-state index contributed by atoms with van der Waals surface area (Å²) in [7, 11) is 0. The molecule has 2 amide bonds. The van der Waals surface area contributed by atoms with Crippen LogP contribution in [0.2, 0.25) is 0 Å². The van der Waals surface area contributed by atoms with Crippen molar-refractivity contribution in [2.75, 3.05) is 37.6 Å². The second-order valence-electron chi connectivity index (χ2n) is 6.59. The number of aromatic nitrogens is 2. The second kappa shape index (κ2) is 7.11. The maximum Gasteiger partial charge on any atom is 0.254 e. The Balaban J connectivity index is 1.37. The van der Waals surface area contributed by atoms with E-state index in [0.29, 0.717) is 37.7 Å². The van der Waals surface area contributed by atoms with Crippen molar-refractivity contribution in [3.05, 3.63) is 53.9 Å². The van der Waals surface area contributed by atoms with Gasteiger partial charge in [0.15, 0.2) is 0 Å². The topological polar surface area (TPSA) is 69.6 Å². The number of anilines is 1. The molecule has 0 atom stereocenters. The smallest absolute Gasteiger partial charge is 0.254 e. The standard InChI is InChI=1S/C19H21N5O2/c25-17(14-24-13-15-5-1-2-6-16(15)18(24)26)22-9-4-10-23(12-11-22)19-20-7-3-8-21-19/h1-3,5-8H,4,9-14H2. The Bertz CT molecular complexity index is 811. The van der Waals surface area contributed by atoms with Gasteiger partial charge in [-0.25, -0.2) is 9.97 Å². The van der Waals surface area contributed by atoms with Crippen LogP contribution in [0.5, 0.6) is 0 Å². The van der Waals surface area contributed by atoms with Crippen molar-refractivity contribution in [1.82, 2.24) is 19.8 Å². The average Bonchev–Trinajstić information content (AvgIpc) is 2.86. The van der Waals surface area contributed by atoms with Crippen molar-refractivity contribution in [3.8, 4) is 0 Å². The molecule has 4 rings (SSSR count). The van der Waals surface area contributed by atoms with Crippen molar-refractivity contribution in [3.63, 3.8) is 0 Å². The molecule has 0 unspecified atom stereocenters. The third-order valence-electron chi connectivity index (χ3n) is 4.91. The summed E-state index contributed by atoms with van der Waals surface area (Å²) in [6.45, 7) is 3.48. The zero-order valence-corrected chi connectivity index (χ0v) is 14.5. The van der Waals surface area contributed by atoms with Crippen molar-refractivity contribution in [2.24, 2.45) is 0 Å². The number of amides is 2. The van der Waals surface area contributed by atoms with Crippen LogP contribution in [0.3, 0.4) is 0 Å². The molecule has 134 valence electrons. The number of carbonyl (C=O) groups is 2. The third-order valence-corrected chi connectivity index (χ3v) is 4.91. The highest BCUT2D eigenvalue weighted by Crippen LogP contribution is 2.22. The summed E-state index contributed by atoms with van der Waals surface area (Å²) in [4.78, 5) is 39.3. The van der Waals surface area contributed by atoms with Gasteiger partial charge >= 0.3 is 0 Å². The molecule has 1 saturated heterocycles. The molecule has 2 aliphatic heterocycles. The second-order valence-corrected chi connectivity index (χ2v) is 6.59. The van der Waals surface area contributed by atoms with E-state index in [-0.39, 0.29) is 18.4 Å². The molecule has 7 nitrogen and oxygen atoms in total. The van der Waals surface area contributed by atoms with Gasteiger partial charge in [-0.15, -0.1) is 0 Å². The Morgan fingerprint density at radius 1 is 1.00 bits per heavy atom. The molecule has 0 radical (unpaired) electrons. The van der Waals surface area contributed by atoms with E-state index in [9.17, 15) is 9.59 Å². The summed E-state index contributed by atoms with van der Waals surface area (Å²) in [6.07, 6.45) is 4.32. The summed E-state index contributed by atoms with van der Waals surface area (Å²) >= 11 is 0. The molecular weight excluding hydrogens is 330 g/mol. The summed E-state index contributed by atoms with van der Waals surface area (Å²) in [5.74, 6) is 0.650. The number of benzene rings is 1. The maximum absolute atomic E-state index is 12.7. The highest BCUT2D eigenvalue weighted by molar-refractivity contribution is 6.00. The van der Waals surface area contributed by atoms with Crippen molar-refractivity contribution in [2.45, 2.75) is 13.0 Å². The van der Waals surface area contributed by atoms with Gasteiger partial charge in [-0.1, -0.05) is 18.2 Å². The van der Waals surface area contributed by atoms with Gasteiger partial charge in [0, 0.05) is 50.7 Å². The molecule has 2 aliphatic rings. The summed E-state index contributed by atoms with van der Waals surface area (Å²) in [5, 5.41) is 0. The molecule has 0 aliphatic carbocycles. The van der Waals surface area contributed by atoms with Crippen LogP contribution in [0, 0.1) is 0 Å². The van der Waals surface area contributed by atoms with Crippen LogP contribution in [0.25, 0.3) is 0 Å². The first-order chi connectivity index (χ1) is 12.7. The molecule has 3 heterocycles. The minimum Gasteiger partial charge on any atom is -0.339 e. The van der Waals surface area contributed by atoms with Gasteiger partial charge in [0.05, 0.1) is 0 Å². The van der Waals surface area contributed by atoms with E-state index < -0.39 is 0 Å². The number of rotatable bonds is 3. The van der Waals surface area contributed by atoms with E-state index in [4.69, 9.17) is 0 Å². The number of carbonyl (C=O) groups excluding carboxylic acids is 2. The van der Waals surface area contributed by atoms with Crippen LogP contribution in [0.15, 0.2) is 42.7 Å². The monoisotopic (exact) mass is 351 g/mol. The summed E-state index contributed by atoms with van der Waals surface area (Å²) in [5.41, 5.74) is 1.71. The normalized spacial score (nSPS) is 17.2. The van der Waals surface area contributed by atoms with E-state index in [2.05, 4.69) is 14.9 Å². The van der Waals surface area contributed by atoms with Gasteiger partial charge in [0.25, 0.3) is 5.91 Å². The molecule has 0 saturated carbocycles. The van der Waals surface area contributed by atoms with Crippen LogP contribution >= 0.6 is 0 Å². The molecular formula is C19H21N5O2. The first-order valence-corrected chi connectivity index (χ1v) is 8.89. The molecule has 1 fully saturated rings. The predicted octanol–water partition coefficient (Wildman–Crippen LogP) is 1.17. The fraction of sp³-hybridized carbons (Fsp3) is 0.368. The lowest BCUT2D eigenvalue weighted by Crippen LogP contribution is -2.42. The Morgan fingerprint density at radius 2 is 1.81 bits per heavy atom. The lowest BCUT2D eigenvalue weighted by Gasteiger charge is -2.24. The van der Waals surface area contributed by atoms with Crippen LogP contribution < -0.4 is 4.90 Å². The van der Waals surface area contributed by atoms with E-state index in [1.807, 2.05) is 29.2 Å². The first kappa shape index (κ1) is 16.5. The van der Waals surface area contributed by atoms with Gasteiger partial charge in [-0.05, 0) is 24.1 Å². The SMILES string of the molecule is O=C(CN1Cc2ccccc2C1=O)N1CCCN(c2ncccn2)CC1. The van der Waals surface area contributed by atoms with Gasteiger partial charge < -0.3 is 14.7 Å².